The van der Waals surface area contributed by atoms with Gasteiger partial charge in [0.05, 0.1) is 13.2 Å². The van der Waals surface area contributed by atoms with Crippen molar-refractivity contribution in [3.63, 3.8) is 0 Å². The monoisotopic (exact) mass is 380 g/mol. The van der Waals surface area contributed by atoms with E-state index in [1.165, 1.54) is 13.8 Å². The molecule has 146 valence electrons. The molecule has 0 aliphatic carbocycles. The molecule has 2 amide bonds. The zero-order valence-corrected chi connectivity index (χ0v) is 16.8. The molecule has 0 bridgehead atoms. The second-order valence-corrected chi connectivity index (χ2v) is 8.38. The molecule has 0 aliphatic heterocycles. The summed E-state index contributed by atoms with van der Waals surface area (Å²) in [5.74, 6) is -2.75. The lowest BCUT2D eigenvalue weighted by atomic mass is 10.2. The molecule has 0 aliphatic rings. The molecule has 25 heavy (non-hydrogen) atoms. The van der Waals surface area contributed by atoms with Crippen molar-refractivity contribution in [2.75, 3.05) is 13.2 Å². The van der Waals surface area contributed by atoms with E-state index < -0.39 is 42.8 Å². The molecule has 9 nitrogen and oxygen atoms in total. The first kappa shape index (κ1) is 23.6. The number of ether oxygens (including phenoxy) is 1. The Bertz CT molecular complexity index is 520. The average molecular weight is 380 g/mol. The molecule has 10 heteroatoms. The topological polar surface area (TPSA) is 120 Å². The summed E-state index contributed by atoms with van der Waals surface area (Å²) in [5, 5.41) is 4.66. The smallest absolute Gasteiger partial charge is 0.408 e. The number of hydrogen-bond acceptors (Lipinski definition) is 7. The first-order chi connectivity index (χ1) is 11.4. The number of carbonyl (C=O) groups is 3. The molecule has 0 heterocycles. The Morgan fingerprint density at radius 3 is 1.88 bits per heavy atom. The van der Waals surface area contributed by atoms with Crippen molar-refractivity contribution in [2.45, 2.75) is 65.9 Å². The van der Waals surface area contributed by atoms with Gasteiger partial charge in [-0.3, -0.25) is 14.2 Å². The zero-order valence-electron chi connectivity index (χ0n) is 15.9. The molecule has 0 rings (SSSR count). The van der Waals surface area contributed by atoms with E-state index in [0.717, 1.165) is 0 Å². The largest absolute Gasteiger partial charge is 0.444 e. The third-order valence-corrected chi connectivity index (χ3v) is 5.09. The van der Waals surface area contributed by atoms with E-state index in [2.05, 4.69) is 10.6 Å². The van der Waals surface area contributed by atoms with Crippen LogP contribution in [0.2, 0.25) is 0 Å². The van der Waals surface area contributed by atoms with Gasteiger partial charge < -0.3 is 24.4 Å². The van der Waals surface area contributed by atoms with Gasteiger partial charge >= 0.3 is 13.7 Å². The fourth-order valence-corrected chi connectivity index (χ4v) is 3.58. The maximum absolute atomic E-state index is 12.7. The third kappa shape index (κ3) is 8.47. The van der Waals surface area contributed by atoms with Crippen LogP contribution in [0, 0.1) is 0 Å². The summed E-state index contributed by atoms with van der Waals surface area (Å²) in [6, 6.07) is -1.02. The van der Waals surface area contributed by atoms with Gasteiger partial charge in [0.25, 0.3) is 0 Å². The van der Waals surface area contributed by atoms with E-state index in [0.29, 0.717) is 0 Å². The van der Waals surface area contributed by atoms with Crippen LogP contribution in [0.4, 0.5) is 4.79 Å². The van der Waals surface area contributed by atoms with Crippen LogP contribution in [-0.2, 0) is 27.9 Å². The van der Waals surface area contributed by atoms with Crippen molar-refractivity contribution in [1.29, 1.82) is 0 Å². The lowest BCUT2D eigenvalue weighted by molar-refractivity contribution is -0.126. The first-order valence-electron chi connectivity index (χ1n) is 8.05. The number of ketones is 1. The van der Waals surface area contributed by atoms with E-state index in [-0.39, 0.29) is 13.2 Å². The summed E-state index contributed by atoms with van der Waals surface area (Å²) in [7, 11) is -3.87. The van der Waals surface area contributed by atoms with E-state index >= 15 is 0 Å². The van der Waals surface area contributed by atoms with Crippen molar-refractivity contribution in [1.82, 2.24) is 10.6 Å². The van der Waals surface area contributed by atoms with Gasteiger partial charge in [0.2, 0.25) is 5.91 Å². The average Bonchev–Trinajstić information content (AvgIpc) is 2.42. The number of hydrogen-bond donors (Lipinski definition) is 2. The molecule has 0 radical (unpaired) electrons. The molecule has 0 aromatic carbocycles. The number of carbonyl (C=O) groups excluding carboxylic acids is 3. The molecule has 1 unspecified atom stereocenters. The highest BCUT2D eigenvalue weighted by Gasteiger charge is 2.41. The molecular weight excluding hydrogens is 351 g/mol. The van der Waals surface area contributed by atoms with E-state index in [1.54, 1.807) is 34.6 Å². The lowest BCUT2D eigenvalue weighted by Crippen LogP contribution is -2.50. The van der Waals surface area contributed by atoms with Gasteiger partial charge in [-0.1, -0.05) is 0 Å². The van der Waals surface area contributed by atoms with Crippen LogP contribution in [0.5, 0.6) is 0 Å². The number of alkyl carbamates (subject to hydrolysis) is 1. The number of amides is 2. The summed E-state index contributed by atoms with van der Waals surface area (Å²) in [5.41, 5.74) is -0.720. The first-order valence-corrected chi connectivity index (χ1v) is 9.66. The maximum atomic E-state index is 12.7. The molecule has 0 saturated heterocycles. The highest BCUT2D eigenvalue weighted by Crippen LogP contribution is 2.52. The molecule has 0 spiro atoms. The molecule has 0 aromatic rings. The van der Waals surface area contributed by atoms with Crippen molar-refractivity contribution in [2.24, 2.45) is 0 Å². The Morgan fingerprint density at radius 1 is 1.04 bits per heavy atom. The molecular formula is C15H29N2O7P. The second-order valence-electron chi connectivity index (χ2n) is 6.27. The van der Waals surface area contributed by atoms with Crippen LogP contribution >= 0.6 is 7.60 Å². The summed E-state index contributed by atoms with van der Waals surface area (Å²) in [6.45, 7) is 10.9. The van der Waals surface area contributed by atoms with Crippen LogP contribution in [0.1, 0.15) is 48.5 Å². The van der Waals surface area contributed by atoms with Crippen molar-refractivity contribution < 1.29 is 32.7 Å². The van der Waals surface area contributed by atoms with E-state index in [1.807, 2.05) is 0 Å². The lowest BCUT2D eigenvalue weighted by Gasteiger charge is -2.26. The summed E-state index contributed by atoms with van der Waals surface area (Å²) >= 11 is 0. The minimum Gasteiger partial charge on any atom is -0.444 e. The van der Waals surface area contributed by atoms with Crippen LogP contribution < -0.4 is 10.6 Å². The zero-order chi connectivity index (χ0) is 19.8. The summed E-state index contributed by atoms with van der Waals surface area (Å²) < 4.78 is 28.0. The summed E-state index contributed by atoms with van der Waals surface area (Å²) in [6.07, 6.45) is -0.785. The van der Waals surface area contributed by atoms with Gasteiger partial charge in [0.15, 0.2) is 11.6 Å². The Morgan fingerprint density at radius 2 is 1.52 bits per heavy atom. The van der Waals surface area contributed by atoms with Gasteiger partial charge in [-0.05, 0) is 48.5 Å². The van der Waals surface area contributed by atoms with Crippen LogP contribution in [-0.4, -0.2) is 48.4 Å². The summed E-state index contributed by atoms with van der Waals surface area (Å²) in [4.78, 5) is 35.8. The number of rotatable bonds is 9. The molecule has 0 saturated carbocycles. The molecule has 2 atom stereocenters. The Kier molecular flexibility index (Phi) is 9.32. The van der Waals surface area contributed by atoms with Gasteiger partial charge in [0, 0.05) is 0 Å². The Labute approximate surface area is 148 Å². The molecule has 0 fully saturated rings. The predicted molar refractivity (Wildman–Crippen MR) is 92.3 cm³/mol. The van der Waals surface area contributed by atoms with Crippen molar-refractivity contribution in [3.8, 4) is 0 Å². The minimum absolute atomic E-state index is 0.0443. The highest BCUT2D eigenvalue weighted by atomic mass is 31.2. The maximum Gasteiger partial charge on any atom is 0.408 e. The minimum atomic E-state index is -3.87. The number of nitrogens with one attached hydrogen (secondary N) is 2. The molecule has 2 N–H and O–H groups in total. The predicted octanol–water partition coefficient (Wildman–Crippen LogP) is 2.20. The van der Waals surface area contributed by atoms with Crippen LogP contribution in [0.15, 0.2) is 0 Å². The highest BCUT2D eigenvalue weighted by molar-refractivity contribution is 7.55. The van der Waals surface area contributed by atoms with Gasteiger partial charge in [-0.15, -0.1) is 0 Å². The van der Waals surface area contributed by atoms with E-state index in [9.17, 15) is 18.9 Å². The standard InChI is InChI=1S/C15H29N2O7P/c1-8-22-25(21,23-9-2)13(11(4)18)17-12(19)10(3)16-14(20)24-15(5,6)7/h10,13H,8-9H2,1-7H3,(H,16,20)(H,17,19)/t10-,13?/m1/s1. The SMILES string of the molecule is CCOP(=O)(OCC)C(NC(=O)[C@@H](C)NC(=O)OC(C)(C)C)C(C)=O. The van der Waals surface area contributed by atoms with Crippen molar-refractivity contribution in [3.05, 3.63) is 0 Å². The normalized spacial score (nSPS) is 14.4. The van der Waals surface area contributed by atoms with Crippen LogP contribution in [0.3, 0.4) is 0 Å². The Hall–Kier alpha value is -1.44. The van der Waals surface area contributed by atoms with Gasteiger partial charge in [-0.25, -0.2) is 4.79 Å². The van der Waals surface area contributed by atoms with Crippen molar-refractivity contribution >= 4 is 25.4 Å². The van der Waals surface area contributed by atoms with E-state index in [4.69, 9.17) is 13.8 Å². The molecule has 0 aromatic heterocycles. The third-order valence-electron chi connectivity index (χ3n) is 2.72. The van der Waals surface area contributed by atoms with Gasteiger partial charge in [0.1, 0.15) is 11.6 Å². The van der Waals surface area contributed by atoms with Crippen LogP contribution in [0.25, 0.3) is 0 Å². The quantitative estimate of drug-likeness (QED) is 0.588. The second kappa shape index (κ2) is 9.89. The number of Topliss-reactive ketones (excluding diaryl/α,β-unsaturated/α-hetero) is 1. The van der Waals surface area contributed by atoms with Gasteiger partial charge in [-0.2, -0.15) is 0 Å². The Balaban J connectivity index is 5.08. The fourth-order valence-electron chi connectivity index (χ4n) is 1.76. The fraction of sp³-hybridized carbons (Fsp3) is 0.800.